The molecule has 0 atom stereocenters. The Morgan fingerprint density at radius 1 is 1.17 bits per heavy atom. The third-order valence-corrected chi connectivity index (χ3v) is 5.76. The number of hydrogen-bond acceptors (Lipinski definition) is 6. The van der Waals surface area contributed by atoms with Gasteiger partial charge in [0.05, 0.1) is 5.69 Å². The van der Waals surface area contributed by atoms with Gasteiger partial charge < -0.3 is 25.2 Å². The second-order valence-electron chi connectivity index (χ2n) is 8.26. The van der Waals surface area contributed by atoms with Gasteiger partial charge in [-0.1, -0.05) is 0 Å². The lowest BCUT2D eigenvalue weighted by Gasteiger charge is -2.36. The van der Waals surface area contributed by atoms with Crippen molar-refractivity contribution in [1.29, 1.82) is 0 Å². The first-order chi connectivity index (χ1) is 13.3. The fourth-order valence-corrected chi connectivity index (χ4v) is 4.21. The summed E-state index contributed by atoms with van der Waals surface area (Å²) in [5.41, 5.74) is 6.76. The van der Waals surface area contributed by atoms with Crippen LogP contribution in [0.15, 0.2) is 10.4 Å². The highest BCUT2D eigenvalue weighted by atomic mass is 127. The Kier molecular flexibility index (Phi) is 8.80. The van der Waals surface area contributed by atoms with E-state index in [1.807, 2.05) is 25.7 Å². The summed E-state index contributed by atoms with van der Waals surface area (Å²) in [6.07, 6.45) is 3.05. The Labute approximate surface area is 194 Å². The minimum Gasteiger partial charge on any atom is -0.444 e. The minimum atomic E-state index is -0.473. The lowest BCUT2D eigenvalue weighted by atomic mass is 10.2. The molecule has 2 N–H and O–H groups in total. The SMILES string of the molecule is CC(C)(C)OC(=O)N1CCN(C(N)=NCCc2csc(N3CCCC3)n2)CC1.I. The molecule has 2 fully saturated rings. The number of halogens is 1. The van der Waals surface area contributed by atoms with E-state index in [2.05, 4.69) is 15.3 Å². The number of nitrogens with two attached hydrogens (primary N) is 1. The summed E-state index contributed by atoms with van der Waals surface area (Å²) in [4.78, 5) is 27.5. The first-order valence-corrected chi connectivity index (χ1v) is 10.9. The third-order valence-electron chi connectivity index (χ3n) is 4.81. The highest BCUT2D eigenvalue weighted by Crippen LogP contribution is 2.24. The number of amides is 1. The van der Waals surface area contributed by atoms with Crippen LogP contribution >= 0.6 is 35.3 Å². The summed E-state index contributed by atoms with van der Waals surface area (Å²) in [6.45, 7) is 11.0. The van der Waals surface area contributed by atoms with E-state index in [9.17, 15) is 4.79 Å². The molecule has 3 rings (SSSR count). The molecule has 0 aliphatic carbocycles. The summed E-state index contributed by atoms with van der Waals surface area (Å²) < 4.78 is 5.42. The van der Waals surface area contributed by atoms with Crippen LogP contribution in [0.4, 0.5) is 9.93 Å². The molecule has 164 valence electrons. The van der Waals surface area contributed by atoms with E-state index in [4.69, 9.17) is 15.5 Å². The lowest BCUT2D eigenvalue weighted by Crippen LogP contribution is -2.53. The molecule has 0 aromatic carbocycles. The van der Waals surface area contributed by atoms with E-state index >= 15 is 0 Å². The van der Waals surface area contributed by atoms with Gasteiger partial charge in [-0.3, -0.25) is 4.99 Å². The maximum absolute atomic E-state index is 12.1. The van der Waals surface area contributed by atoms with E-state index in [-0.39, 0.29) is 30.1 Å². The van der Waals surface area contributed by atoms with Crippen molar-refractivity contribution >= 4 is 52.5 Å². The van der Waals surface area contributed by atoms with Gasteiger partial charge in [0.1, 0.15) is 5.60 Å². The van der Waals surface area contributed by atoms with E-state index in [0.717, 1.165) is 30.3 Å². The standard InChI is InChI=1S/C19H32N6O2S.HI/c1-19(2,3)27-18(26)25-12-10-23(11-13-25)16(20)21-7-6-15-14-28-17(22-15)24-8-4-5-9-24;/h14H,4-13H2,1-3H3,(H2,20,21);1H. The number of carbonyl (C=O) groups is 1. The van der Waals surface area contributed by atoms with Gasteiger partial charge >= 0.3 is 6.09 Å². The molecule has 8 nitrogen and oxygen atoms in total. The number of aromatic nitrogens is 1. The number of nitrogens with zero attached hydrogens (tertiary/aromatic N) is 5. The molecule has 1 amide bonds. The van der Waals surface area contributed by atoms with Gasteiger partial charge in [-0.25, -0.2) is 9.78 Å². The summed E-state index contributed by atoms with van der Waals surface area (Å²) in [5.74, 6) is 0.541. The molecule has 2 saturated heterocycles. The van der Waals surface area contributed by atoms with Crippen LogP contribution in [-0.2, 0) is 11.2 Å². The van der Waals surface area contributed by atoms with Crippen molar-refractivity contribution in [3.63, 3.8) is 0 Å². The molecule has 0 saturated carbocycles. The number of rotatable bonds is 4. The third kappa shape index (κ3) is 7.16. The summed E-state index contributed by atoms with van der Waals surface area (Å²) in [7, 11) is 0. The molecule has 10 heteroatoms. The number of hydrogen-bond donors (Lipinski definition) is 1. The zero-order valence-corrected chi connectivity index (χ0v) is 20.7. The largest absolute Gasteiger partial charge is 0.444 e. The summed E-state index contributed by atoms with van der Waals surface area (Å²) in [5, 5.41) is 3.25. The second-order valence-corrected chi connectivity index (χ2v) is 9.10. The first-order valence-electron chi connectivity index (χ1n) is 10.0. The van der Waals surface area contributed by atoms with Gasteiger partial charge in [-0.15, -0.1) is 35.3 Å². The quantitative estimate of drug-likeness (QED) is 0.362. The maximum Gasteiger partial charge on any atom is 0.410 e. The zero-order valence-electron chi connectivity index (χ0n) is 17.6. The molecule has 2 aliphatic heterocycles. The smallest absolute Gasteiger partial charge is 0.410 e. The van der Waals surface area contributed by atoms with E-state index in [1.165, 1.54) is 12.8 Å². The fraction of sp³-hybridized carbons (Fsp3) is 0.737. The number of carbonyl (C=O) groups excluding carboxylic acids is 1. The molecule has 2 aliphatic rings. The van der Waals surface area contributed by atoms with Crippen molar-refractivity contribution in [2.45, 2.75) is 45.6 Å². The number of anilines is 1. The average Bonchev–Trinajstić information content (AvgIpc) is 3.32. The van der Waals surface area contributed by atoms with Crippen molar-refractivity contribution in [2.75, 3.05) is 50.7 Å². The van der Waals surface area contributed by atoms with Gasteiger partial charge in [0.15, 0.2) is 11.1 Å². The molecule has 1 aromatic rings. The highest BCUT2D eigenvalue weighted by molar-refractivity contribution is 14.0. The zero-order chi connectivity index (χ0) is 20.1. The van der Waals surface area contributed by atoms with Crippen LogP contribution in [0.1, 0.15) is 39.3 Å². The number of aliphatic imine (C=N–C) groups is 1. The van der Waals surface area contributed by atoms with Crippen LogP contribution in [0.25, 0.3) is 0 Å². The van der Waals surface area contributed by atoms with Crippen molar-refractivity contribution in [3.05, 3.63) is 11.1 Å². The molecule has 0 spiro atoms. The predicted molar refractivity (Wildman–Crippen MR) is 129 cm³/mol. The Bertz CT molecular complexity index is 691. The Hall–Kier alpha value is -1.30. The molecule has 3 heterocycles. The van der Waals surface area contributed by atoms with Crippen LogP contribution in [0.3, 0.4) is 0 Å². The van der Waals surface area contributed by atoms with Crippen LogP contribution < -0.4 is 10.6 Å². The molecule has 1 aromatic heterocycles. The number of thiazole rings is 1. The highest BCUT2D eigenvalue weighted by Gasteiger charge is 2.26. The Morgan fingerprint density at radius 2 is 1.79 bits per heavy atom. The number of guanidine groups is 1. The lowest BCUT2D eigenvalue weighted by molar-refractivity contribution is 0.0186. The van der Waals surface area contributed by atoms with Crippen molar-refractivity contribution < 1.29 is 9.53 Å². The van der Waals surface area contributed by atoms with Crippen molar-refractivity contribution in [2.24, 2.45) is 10.7 Å². The number of ether oxygens (including phenoxy) is 1. The van der Waals surface area contributed by atoms with Crippen molar-refractivity contribution in [1.82, 2.24) is 14.8 Å². The molecule has 0 unspecified atom stereocenters. The maximum atomic E-state index is 12.1. The van der Waals surface area contributed by atoms with Gasteiger partial charge in [0, 0.05) is 57.6 Å². The molecule has 29 heavy (non-hydrogen) atoms. The molecular weight excluding hydrogens is 503 g/mol. The van der Waals surface area contributed by atoms with Gasteiger partial charge in [0.2, 0.25) is 0 Å². The predicted octanol–water partition coefficient (Wildman–Crippen LogP) is 2.77. The first kappa shape index (κ1) is 24.0. The van der Waals surface area contributed by atoms with E-state index < -0.39 is 5.60 Å². The molecule has 0 bridgehead atoms. The average molecular weight is 536 g/mol. The molecule has 0 radical (unpaired) electrons. The van der Waals surface area contributed by atoms with Gasteiger partial charge in [0.25, 0.3) is 0 Å². The van der Waals surface area contributed by atoms with Crippen LogP contribution in [0.2, 0.25) is 0 Å². The fourth-order valence-electron chi connectivity index (χ4n) is 3.29. The second kappa shape index (κ2) is 10.6. The summed E-state index contributed by atoms with van der Waals surface area (Å²) >= 11 is 1.72. The normalized spacial score (nSPS) is 18.0. The monoisotopic (exact) mass is 536 g/mol. The molecular formula is C19H33IN6O2S. The van der Waals surface area contributed by atoms with Crippen molar-refractivity contribution in [3.8, 4) is 0 Å². The van der Waals surface area contributed by atoms with Gasteiger partial charge in [-0.05, 0) is 33.6 Å². The number of piperazine rings is 1. The van der Waals surface area contributed by atoms with E-state index in [0.29, 0.717) is 38.7 Å². The topological polar surface area (TPSA) is 87.3 Å². The van der Waals surface area contributed by atoms with Crippen LogP contribution in [0, 0.1) is 0 Å². The van der Waals surface area contributed by atoms with E-state index in [1.54, 1.807) is 16.2 Å². The minimum absolute atomic E-state index is 0. The van der Waals surface area contributed by atoms with Crippen LogP contribution in [-0.4, -0.2) is 78.3 Å². The Balaban J connectivity index is 0.00000300. The summed E-state index contributed by atoms with van der Waals surface area (Å²) in [6, 6.07) is 0. The van der Waals surface area contributed by atoms with Gasteiger partial charge in [-0.2, -0.15) is 0 Å². The Morgan fingerprint density at radius 3 is 2.41 bits per heavy atom. The van der Waals surface area contributed by atoms with Crippen LogP contribution in [0.5, 0.6) is 0 Å².